The van der Waals surface area contributed by atoms with Crippen molar-refractivity contribution < 1.29 is 18.7 Å². The molecular formula is C12H14F2O2. The molecule has 88 valence electrons. The Kier molecular flexibility index (Phi) is 3.99. The molecule has 4 heteroatoms. The van der Waals surface area contributed by atoms with Gasteiger partial charge in [-0.15, -0.1) is 0 Å². The minimum atomic E-state index is -2.51. The number of halogens is 2. The second kappa shape index (κ2) is 5.05. The van der Waals surface area contributed by atoms with Crippen molar-refractivity contribution >= 4 is 5.97 Å². The van der Waals surface area contributed by atoms with Crippen molar-refractivity contribution in [2.45, 2.75) is 26.7 Å². The van der Waals surface area contributed by atoms with E-state index in [0.717, 1.165) is 0 Å². The third-order valence-electron chi connectivity index (χ3n) is 2.54. The highest BCUT2D eigenvalue weighted by Gasteiger charge is 2.15. The Labute approximate surface area is 92.9 Å². The molecule has 1 aromatic carbocycles. The predicted molar refractivity (Wildman–Crippen MR) is 56.6 cm³/mol. The summed E-state index contributed by atoms with van der Waals surface area (Å²) in [4.78, 5) is 10.6. The molecule has 0 fully saturated rings. The molecular weight excluding hydrogens is 214 g/mol. The average molecular weight is 228 g/mol. The van der Waals surface area contributed by atoms with E-state index in [-0.39, 0.29) is 12.0 Å². The summed E-state index contributed by atoms with van der Waals surface area (Å²) in [5, 5.41) is 8.73. The van der Waals surface area contributed by atoms with Crippen LogP contribution in [-0.2, 0) is 11.2 Å². The maximum Gasteiger partial charge on any atom is 0.306 e. The van der Waals surface area contributed by atoms with E-state index in [1.165, 1.54) is 6.07 Å². The summed E-state index contributed by atoms with van der Waals surface area (Å²) in [5.41, 5.74) is 1.15. The molecule has 0 saturated carbocycles. The number of aryl methyl sites for hydroxylation is 1. The number of carboxylic acid groups (broad SMARTS) is 1. The Hall–Kier alpha value is -1.45. The van der Waals surface area contributed by atoms with Crippen LogP contribution in [0.15, 0.2) is 18.2 Å². The minimum Gasteiger partial charge on any atom is -0.481 e. The van der Waals surface area contributed by atoms with Crippen LogP contribution in [0.2, 0.25) is 0 Å². The molecule has 0 aromatic heterocycles. The lowest BCUT2D eigenvalue weighted by Crippen LogP contribution is -2.12. The molecule has 1 atom stereocenters. The normalized spacial score (nSPS) is 12.8. The third kappa shape index (κ3) is 3.02. The largest absolute Gasteiger partial charge is 0.481 e. The van der Waals surface area contributed by atoms with Crippen LogP contribution >= 0.6 is 0 Å². The molecule has 0 aliphatic carbocycles. The SMILES string of the molecule is Cc1ccc(CC(C)C(=O)O)cc1C(F)F. The molecule has 0 bridgehead atoms. The molecule has 0 radical (unpaired) electrons. The quantitative estimate of drug-likeness (QED) is 0.859. The summed E-state index contributed by atoms with van der Waals surface area (Å²) < 4.78 is 25.2. The molecule has 1 unspecified atom stereocenters. The number of rotatable bonds is 4. The fourth-order valence-electron chi connectivity index (χ4n) is 1.49. The van der Waals surface area contributed by atoms with Crippen LogP contribution in [0, 0.1) is 12.8 Å². The van der Waals surface area contributed by atoms with Gasteiger partial charge in [-0.2, -0.15) is 0 Å². The maximum atomic E-state index is 12.6. The minimum absolute atomic E-state index is 0.0184. The van der Waals surface area contributed by atoms with Crippen molar-refractivity contribution in [1.29, 1.82) is 0 Å². The Bertz CT molecular complexity index is 389. The van der Waals surface area contributed by atoms with Gasteiger partial charge < -0.3 is 5.11 Å². The summed E-state index contributed by atoms with van der Waals surface area (Å²) in [7, 11) is 0. The highest BCUT2D eigenvalue weighted by atomic mass is 19.3. The van der Waals surface area contributed by atoms with Crippen LogP contribution in [0.25, 0.3) is 0 Å². The Morgan fingerprint density at radius 3 is 2.56 bits per heavy atom. The zero-order chi connectivity index (χ0) is 12.3. The van der Waals surface area contributed by atoms with Crippen LogP contribution < -0.4 is 0 Å². The van der Waals surface area contributed by atoms with Gasteiger partial charge in [0.25, 0.3) is 6.43 Å². The van der Waals surface area contributed by atoms with Crippen LogP contribution in [-0.4, -0.2) is 11.1 Å². The van der Waals surface area contributed by atoms with Crippen molar-refractivity contribution in [3.8, 4) is 0 Å². The summed E-state index contributed by atoms with van der Waals surface area (Å²) in [6, 6.07) is 4.69. The number of alkyl halides is 2. The Morgan fingerprint density at radius 2 is 2.06 bits per heavy atom. The van der Waals surface area contributed by atoms with Crippen molar-refractivity contribution in [2.24, 2.45) is 5.92 Å². The second-order valence-corrected chi connectivity index (χ2v) is 3.94. The van der Waals surface area contributed by atoms with E-state index in [0.29, 0.717) is 11.1 Å². The van der Waals surface area contributed by atoms with Gasteiger partial charge in [0.2, 0.25) is 0 Å². The van der Waals surface area contributed by atoms with Crippen LogP contribution in [0.3, 0.4) is 0 Å². The smallest absolute Gasteiger partial charge is 0.306 e. The topological polar surface area (TPSA) is 37.3 Å². The second-order valence-electron chi connectivity index (χ2n) is 3.94. The molecule has 0 spiro atoms. The molecule has 0 saturated heterocycles. The zero-order valence-electron chi connectivity index (χ0n) is 9.21. The number of carbonyl (C=O) groups is 1. The van der Waals surface area contributed by atoms with Gasteiger partial charge in [-0.25, -0.2) is 8.78 Å². The van der Waals surface area contributed by atoms with Crippen LogP contribution in [0.4, 0.5) is 8.78 Å². The number of aliphatic carboxylic acids is 1. The van der Waals surface area contributed by atoms with Gasteiger partial charge in [-0.05, 0) is 30.5 Å². The highest BCUT2D eigenvalue weighted by Crippen LogP contribution is 2.24. The lowest BCUT2D eigenvalue weighted by Gasteiger charge is -2.10. The van der Waals surface area contributed by atoms with Crippen molar-refractivity contribution in [2.75, 3.05) is 0 Å². The molecule has 0 heterocycles. The lowest BCUT2D eigenvalue weighted by atomic mass is 9.97. The first kappa shape index (κ1) is 12.6. The lowest BCUT2D eigenvalue weighted by molar-refractivity contribution is -0.141. The summed E-state index contributed by atoms with van der Waals surface area (Å²) in [6.07, 6.45) is -2.24. The van der Waals surface area contributed by atoms with Crippen LogP contribution in [0.1, 0.15) is 30.0 Å². The predicted octanol–water partition coefficient (Wildman–Crippen LogP) is 3.20. The van der Waals surface area contributed by atoms with E-state index in [1.54, 1.807) is 26.0 Å². The first-order chi connectivity index (χ1) is 7.41. The fourth-order valence-corrected chi connectivity index (χ4v) is 1.49. The maximum absolute atomic E-state index is 12.6. The molecule has 2 nitrogen and oxygen atoms in total. The van der Waals surface area contributed by atoms with Gasteiger partial charge in [0.15, 0.2) is 0 Å². The number of carboxylic acids is 1. The van der Waals surface area contributed by atoms with Gasteiger partial charge >= 0.3 is 5.97 Å². The standard InChI is InChI=1S/C12H14F2O2/c1-7-3-4-9(5-8(2)12(15)16)6-10(7)11(13)14/h3-4,6,8,11H,5H2,1-2H3,(H,15,16). The molecule has 16 heavy (non-hydrogen) atoms. The molecule has 1 aromatic rings. The van der Waals surface area contributed by atoms with Gasteiger partial charge in [-0.3, -0.25) is 4.79 Å². The fraction of sp³-hybridized carbons (Fsp3) is 0.417. The Balaban J connectivity index is 2.91. The van der Waals surface area contributed by atoms with Gasteiger partial charge in [-0.1, -0.05) is 19.1 Å². The van der Waals surface area contributed by atoms with E-state index in [9.17, 15) is 13.6 Å². The molecule has 0 amide bonds. The summed E-state index contributed by atoms with van der Waals surface area (Å²) in [5.74, 6) is -1.48. The zero-order valence-corrected chi connectivity index (χ0v) is 9.21. The van der Waals surface area contributed by atoms with E-state index in [1.807, 2.05) is 0 Å². The van der Waals surface area contributed by atoms with E-state index in [4.69, 9.17) is 5.11 Å². The van der Waals surface area contributed by atoms with E-state index >= 15 is 0 Å². The monoisotopic (exact) mass is 228 g/mol. The van der Waals surface area contributed by atoms with E-state index < -0.39 is 18.3 Å². The first-order valence-electron chi connectivity index (χ1n) is 5.02. The Morgan fingerprint density at radius 1 is 1.44 bits per heavy atom. The molecule has 0 aliphatic heterocycles. The van der Waals surface area contributed by atoms with Gasteiger partial charge in [0.05, 0.1) is 5.92 Å². The summed E-state index contributed by atoms with van der Waals surface area (Å²) >= 11 is 0. The van der Waals surface area contributed by atoms with Crippen molar-refractivity contribution in [1.82, 2.24) is 0 Å². The number of hydrogen-bond acceptors (Lipinski definition) is 1. The van der Waals surface area contributed by atoms with Gasteiger partial charge in [0.1, 0.15) is 0 Å². The van der Waals surface area contributed by atoms with Crippen molar-refractivity contribution in [3.63, 3.8) is 0 Å². The summed E-state index contributed by atoms with van der Waals surface area (Å²) in [6.45, 7) is 3.18. The molecule has 1 rings (SSSR count). The first-order valence-corrected chi connectivity index (χ1v) is 5.02. The third-order valence-corrected chi connectivity index (χ3v) is 2.54. The molecule has 0 aliphatic rings. The number of hydrogen-bond donors (Lipinski definition) is 1. The van der Waals surface area contributed by atoms with Crippen LogP contribution in [0.5, 0.6) is 0 Å². The number of benzene rings is 1. The van der Waals surface area contributed by atoms with Gasteiger partial charge in [0, 0.05) is 5.56 Å². The van der Waals surface area contributed by atoms with Crippen molar-refractivity contribution in [3.05, 3.63) is 34.9 Å². The van der Waals surface area contributed by atoms with E-state index in [2.05, 4.69) is 0 Å². The molecule has 1 N–H and O–H groups in total. The average Bonchev–Trinajstić information content (AvgIpc) is 2.20. The highest BCUT2D eigenvalue weighted by molar-refractivity contribution is 5.69.